The number of nitrogens with one attached hydrogen (secondary N) is 1. The maximum atomic E-state index is 6.16. The van der Waals surface area contributed by atoms with Crippen LogP contribution in [0.15, 0.2) is 30.3 Å². The maximum absolute atomic E-state index is 6.16. The van der Waals surface area contributed by atoms with E-state index in [1.165, 1.54) is 5.56 Å². The predicted molar refractivity (Wildman–Crippen MR) is 69.9 cm³/mol. The summed E-state index contributed by atoms with van der Waals surface area (Å²) >= 11 is 6.16. The molecule has 0 unspecified atom stereocenters. The number of rotatable bonds is 4. The normalized spacial score (nSPS) is 10.8. The summed E-state index contributed by atoms with van der Waals surface area (Å²) in [5.74, 6) is 0. The molecule has 0 fully saturated rings. The summed E-state index contributed by atoms with van der Waals surface area (Å²) in [4.78, 5) is 0. The molecule has 0 aliphatic heterocycles. The molecule has 0 saturated heterocycles. The first-order valence-corrected chi connectivity index (χ1v) is 5.99. The summed E-state index contributed by atoms with van der Waals surface area (Å²) in [6.45, 7) is 3.56. The second-order valence-corrected chi connectivity index (χ2v) is 4.43. The van der Waals surface area contributed by atoms with Crippen LogP contribution in [0.5, 0.6) is 0 Å². The number of hydrogen-bond donors (Lipinski definition) is 1. The highest BCUT2D eigenvalue weighted by Gasteiger charge is 2.09. The maximum Gasteiger partial charge on any atom is 0.131 e. The van der Waals surface area contributed by atoms with Crippen LogP contribution in [0.1, 0.15) is 16.8 Å². The molecule has 1 heterocycles. The fraction of sp³-hybridized carbons (Fsp3) is 0.308. The smallest absolute Gasteiger partial charge is 0.131 e. The van der Waals surface area contributed by atoms with Gasteiger partial charge in [0.15, 0.2) is 0 Å². The van der Waals surface area contributed by atoms with E-state index in [4.69, 9.17) is 11.6 Å². The Morgan fingerprint density at radius 3 is 2.53 bits per heavy atom. The quantitative estimate of drug-likeness (QED) is 0.903. The lowest BCUT2D eigenvalue weighted by atomic mass is 10.2. The van der Waals surface area contributed by atoms with Gasteiger partial charge in [-0.05, 0) is 12.5 Å². The fourth-order valence-electron chi connectivity index (χ4n) is 1.80. The minimum Gasteiger partial charge on any atom is -0.308 e. The van der Waals surface area contributed by atoms with Crippen molar-refractivity contribution < 1.29 is 0 Å². The van der Waals surface area contributed by atoms with Gasteiger partial charge in [-0.25, -0.2) is 0 Å². The van der Waals surface area contributed by atoms with E-state index in [9.17, 15) is 0 Å². The van der Waals surface area contributed by atoms with E-state index in [2.05, 4.69) is 22.5 Å². The molecule has 2 aromatic rings. The summed E-state index contributed by atoms with van der Waals surface area (Å²) < 4.78 is 1.70. The second kappa shape index (κ2) is 5.34. The second-order valence-electron chi connectivity index (χ2n) is 4.07. The monoisotopic (exact) mass is 249 g/mol. The van der Waals surface area contributed by atoms with Gasteiger partial charge in [-0.3, -0.25) is 4.68 Å². The molecule has 17 heavy (non-hydrogen) atoms. The van der Waals surface area contributed by atoms with Crippen molar-refractivity contribution in [3.05, 3.63) is 52.3 Å². The summed E-state index contributed by atoms with van der Waals surface area (Å²) in [5, 5.41) is 8.37. The Morgan fingerprint density at radius 1 is 1.24 bits per heavy atom. The molecule has 2 rings (SSSR count). The predicted octanol–water partition coefficient (Wildman–Crippen LogP) is 2.67. The number of benzene rings is 1. The molecule has 1 aromatic carbocycles. The van der Waals surface area contributed by atoms with Gasteiger partial charge in [-0.15, -0.1) is 0 Å². The molecular weight excluding hydrogens is 234 g/mol. The minimum absolute atomic E-state index is 0.711. The van der Waals surface area contributed by atoms with E-state index in [-0.39, 0.29) is 0 Å². The third-order valence-electron chi connectivity index (χ3n) is 2.74. The van der Waals surface area contributed by atoms with Crippen molar-refractivity contribution in [2.45, 2.75) is 20.0 Å². The van der Waals surface area contributed by atoms with Crippen LogP contribution in [0.4, 0.5) is 0 Å². The molecule has 0 aliphatic carbocycles. The molecule has 0 atom stereocenters. The number of halogens is 1. The van der Waals surface area contributed by atoms with Crippen molar-refractivity contribution in [3.8, 4) is 0 Å². The third kappa shape index (κ3) is 2.87. The van der Waals surface area contributed by atoms with Gasteiger partial charge in [0.05, 0.1) is 5.69 Å². The molecule has 0 radical (unpaired) electrons. The summed E-state index contributed by atoms with van der Waals surface area (Å²) in [5.41, 5.74) is 3.33. The van der Waals surface area contributed by atoms with Gasteiger partial charge < -0.3 is 5.32 Å². The summed E-state index contributed by atoms with van der Waals surface area (Å²) in [7, 11) is 1.86. The molecule has 1 N–H and O–H groups in total. The number of aromatic nitrogens is 2. The zero-order valence-electron chi connectivity index (χ0n) is 10.1. The highest BCUT2D eigenvalue weighted by atomic mass is 35.5. The van der Waals surface area contributed by atoms with Crippen LogP contribution in [0, 0.1) is 6.92 Å². The van der Waals surface area contributed by atoms with Gasteiger partial charge in [0, 0.05) is 25.7 Å². The Balaban J connectivity index is 1.95. The van der Waals surface area contributed by atoms with Gasteiger partial charge in [0.2, 0.25) is 0 Å². The van der Waals surface area contributed by atoms with E-state index in [1.54, 1.807) is 4.68 Å². The average Bonchev–Trinajstić information content (AvgIpc) is 2.57. The van der Waals surface area contributed by atoms with Crippen molar-refractivity contribution in [1.82, 2.24) is 15.1 Å². The molecule has 0 aliphatic rings. The molecule has 3 nitrogen and oxygen atoms in total. The fourth-order valence-corrected chi connectivity index (χ4v) is 2.04. The minimum atomic E-state index is 0.711. The van der Waals surface area contributed by atoms with E-state index >= 15 is 0 Å². The number of nitrogens with zero attached hydrogens (tertiary/aromatic N) is 2. The number of aryl methyl sites for hydroxylation is 2. The molecular formula is C13H16ClN3. The Hall–Kier alpha value is -1.32. The summed E-state index contributed by atoms with van der Waals surface area (Å²) in [6.07, 6.45) is 0. The van der Waals surface area contributed by atoms with Crippen LogP contribution < -0.4 is 5.32 Å². The average molecular weight is 250 g/mol. The van der Waals surface area contributed by atoms with Gasteiger partial charge in [0.25, 0.3) is 0 Å². The number of hydrogen-bond acceptors (Lipinski definition) is 2. The van der Waals surface area contributed by atoms with Gasteiger partial charge in [0.1, 0.15) is 5.15 Å². The van der Waals surface area contributed by atoms with E-state index in [0.29, 0.717) is 5.15 Å². The van der Waals surface area contributed by atoms with Crippen molar-refractivity contribution in [3.63, 3.8) is 0 Å². The van der Waals surface area contributed by atoms with Crippen LogP contribution in [0.25, 0.3) is 0 Å². The molecule has 90 valence electrons. The first-order chi connectivity index (χ1) is 8.18. The van der Waals surface area contributed by atoms with Crippen LogP contribution in [0.3, 0.4) is 0 Å². The van der Waals surface area contributed by atoms with Crippen molar-refractivity contribution in [2.75, 3.05) is 0 Å². The Labute approximate surface area is 106 Å². The zero-order chi connectivity index (χ0) is 12.3. The van der Waals surface area contributed by atoms with Gasteiger partial charge in [-0.2, -0.15) is 5.10 Å². The SMILES string of the molecule is Cc1nn(C)c(Cl)c1CNCc1ccccc1. The molecule has 0 bridgehead atoms. The molecule has 0 spiro atoms. The lowest BCUT2D eigenvalue weighted by molar-refractivity contribution is 0.690. The first kappa shape index (κ1) is 12.1. The molecule has 4 heteroatoms. The molecule has 0 saturated carbocycles. The first-order valence-electron chi connectivity index (χ1n) is 5.61. The third-order valence-corrected chi connectivity index (χ3v) is 3.22. The van der Waals surface area contributed by atoms with Crippen molar-refractivity contribution >= 4 is 11.6 Å². The Morgan fingerprint density at radius 2 is 1.94 bits per heavy atom. The van der Waals surface area contributed by atoms with Gasteiger partial charge >= 0.3 is 0 Å². The largest absolute Gasteiger partial charge is 0.308 e. The lowest BCUT2D eigenvalue weighted by Gasteiger charge is -2.04. The van der Waals surface area contributed by atoms with Crippen molar-refractivity contribution in [1.29, 1.82) is 0 Å². The Kier molecular flexibility index (Phi) is 3.82. The molecule has 1 aromatic heterocycles. The topological polar surface area (TPSA) is 29.9 Å². The highest BCUT2D eigenvalue weighted by molar-refractivity contribution is 6.30. The standard InChI is InChI=1S/C13H16ClN3/c1-10-12(13(14)17(2)16-10)9-15-8-11-6-4-3-5-7-11/h3-7,15H,8-9H2,1-2H3. The van der Waals surface area contributed by atoms with Crippen LogP contribution >= 0.6 is 11.6 Å². The lowest BCUT2D eigenvalue weighted by Crippen LogP contribution is -2.13. The van der Waals surface area contributed by atoms with Crippen LogP contribution in [-0.4, -0.2) is 9.78 Å². The molecule has 0 amide bonds. The van der Waals surface area contributed by atoms with E-state index in [1.807, 2.05) is 32.2 Å². The van der Waals surface area contributed by atoms with E-state index < -0.39 is 0 Å². The van der Waals surface area contributed by atoms with Crippen molar-refractivity contribution in [2.24, 2.45) is 7.05 Å². The summed E-state index contributed by atoms with van der Waals surface area (Å²) in [6, 6.07) is 10.3. The highest BCUT2D eigenvalue weighted by Crippen LogP contribution is 2.18. The van der Waals surface area contributed by atoms with Crippen LogP contribution in [-0.2, 0) is 20.1 Å². The van der Waals surface area contributed by atoms with Gasteiger partial charge in [-0.1, -0.05) is 41.9 Å². The van der Waals surface area contributed by atoms with Crippen LogP contribution in [0.2, 0.25) is 5.15 Å². The zero-order valence-corrected chi connectivity index (χ0v) is 10.8. The Bertz CT molecular complexity index is 491. The van der Waals surface area contributed by atoms with E-state index in [0.717, 1.165) is 24.3 Å².